The summed E-state index contributed by atoms with van der Waals surface area (Å²) in [5, 5.41) is 21.1. The molecule has 4 nitrogen and oxygen atoms in total. The van der Waals surface area contributed by atoms with E-state index in [0.29, 0.717) is 17.0 Å². The fraction of sp³-hybridized carbons (Fsp3) is 0.462. The fourth-order valence-electron chi connectivity index (χ4n) is 1.65. The number of halogens is 1. The number of aliphatic hydroxyl groups excluding tert-OH is 1. The largest absolute Gasteiger partial charge is 0.508 e. The Hall–Kier alpha value is -1.26. The van der Waals surface area contributed by atoms with Gasteiger partial charge < -0.3 is 15.5 Å². The molecule has 1 unspecified atom stereocenters. The van der Waals surface area contributed by atoms with Crippen molar-refractivity contribution in [1.29, 1.82) is 0 Å². The Labute approximate surface area is 112 Å². The zero-order chi connectivity index (χ0) is 13.5. The van der Waals surface area contributed by atoms with Crippen LogP contribution < -0.4 is 5.32 Å². The Morgan fingerprint density at radius 1 is 1.50 bits per heavy atom. The van der Waals surface area contributed by atoms with Crippen molar-refractivity contribution < 1.29 is 15.0 Å². The lowest BCUT2D eigenvalue weighted by Crippen LogP contribution is -2.33. The lowest BCUT2D eigenvalue weighted by Gasteiger charge is -2.13. The van der Waals surface area contributed by atoms with E-state index in [1.54, 1.807) is 6.07 Å². The van der Waals surface area contributed by atoms with Gasteiger partial charge in [0.15, 0.2) is 0 Å². The van der Waals surface area contributed by atoms with E-state index in [1.807, 2.05) is 6.92 Å². The molecule has 1 amide bonds. The highest BCUT2D eigenvalue weighted by Crippen LogP contribution is 2.21. The zero-order valence-electron chi connectivity index (χ0n) is 10.3. The second-order valence-corrected chi connectivity index (χ2v) is 4.69. The van der Waals surface area contributed by atoms with Crippen LogP contribution in [0.2, 0.25) is 5.02 Å². The molecule has 0 spiro atoms. The molecule has 0 aliphatic carbocycles. The molecule has 0 saturated heterocycles. The molecule has 18 heavy (non-hydrogen) atoms. The molecule has 0 bridgehead atoms. The molecular formula is C13H18ClNO3. The maximum absolute atomic E-state index is 11.7. The Balaban J connectivity index is 2.49. The van der Waals surface area contributed by atoms with Crippen LogP contribution in [0.3, 0.4) is 0 Å². The number of amides is 1. The van der Waals surface area contributed by atoms with Crippen LogP contribution in [-0.2, 0) is 11.2 Å². The Morgan fingerprint density at radius 2 is 2.22 bits per heavy atom. The fourth-order valence-corrected chi connectivity index (χ4v) is 1.89. The number of phenols is 1. The van der Waals surface area contributed by atoms with Crippen molar-refractivity contribution in [2.75, 3.05) is 6.61 Å². The Bertz CT molecular complexity index is 409. The van der Waals surface area contributed by atoms with E-state index in [9.17, 15) is 9.90 Å². The highest BCUT2D eigenvalue weighted by Gasteiger charge is 2.10. The van der Waals surface area contributed by atoms with E-state index in [-0.39, 0.29) is 30.7 Å². The second kappa shape index (κ2) is 7.24. The molecule has 0 fully saturated rings. The molecule has 0 radical (unpaired) electrons. The summed E-state index contributed by atoms with van der Waals surface area (Å²) in [6.07, 6.45) is 1.59. The second-order valence-electron chi connectivity index (χ2n) is 4.29. The molecule has 0 aliphatic rings. The highest BCUT2D eigenvalue weighted by molar-refractivity contribution is 6.31. The van der Waals surface area contributed by atoms with Gasteiger partial charge in [-0.2, -0.15) is 0 Å². The van der Waals surface area contributed by atoms with Gasteiger partial charge in [-0.25, -0.2) is 0 Å². The number of hydrogen-bond acceptors (Lipinski definition) is 3. The number of phenolic OH excluding ortho intramolecular Hbond substituents is 1. The highest BCUT2D eigenvalue weighted by atomic mass is 35.5. The van der Waals surface area contributed by atoms with Gasteiger partial charge in [-0.15, -0.1) is 0 Å². The minimum absolute atomic E-state index is 0.0283. The summed E-state index contributed by atoms with van der Waals surface area (Å²) >= 11 is 5.92. The molecule has 1 aromatic rings. The average molecular weight is 272 g/mol. The number of carbonyl (C=O) groups is 1. The number of benzene rings is 1. The molecule has 0 aromatic heterocycles. The third kappa shape index (κ3) is 4.94. The first-order chi connectivity index (χ1) is 8.52. The quantitative estimate of drug-likeness (QED) is 0.740. The van der Waals surface area contributed by atoms with Crippen LogP contribution in [-0.4, -0.2) is 28.8 Å². The number of nitrogens with one attached hydrogen (secondary N) is 1. The maximum Gasteiger partial charge on any atom is 0.224 e. The van der Waals surface area contributed by atoms with Gasteiger partial charge in [0.05, 0.1) is 6.42 Å². The summed E-state index contributed by atoms with van der Waals surface area (Å²) in [4.78, 5) is 11.7. The topological polar surface area (TPSA) is 69.6 Å². The number of rotatable bonds is 6. The average Bonchev–Trinajstić information content (AvgIpc) is 2.30. The van der Waals surface area contributed by atoms with Crippen LogP contribution in [0.25, 0.3) is 0 Å². The summed E-state index contributed by atoms with van der Waals surface area (Å²) in [7, 11) is 0. The molecule has 1 rings (SSSR count). The third-order valence-corrected chi connectivity index (χ3v) is 2.94. The van der Waals surface area contributed by atoms with Crippen LogP contribution in [0.15, 0.2) is 18.2 Å². The van der Waals surface area contributed by atoms with Crippen molar-refractivity contribution in [2.45, 2.75) is 32.2 Å². The third-order valence-electron chi connectivity index (χ3n) is 2.59. The van der Waals surface area contributed by atoms with Gasteiger partial charge >= 0.3 is 0 Å². The normalized spacial score (nSPS) is 12.2. The van der Waals surface area contributed by atoms with Crippen molar-refractivity contribution in [2.24, 2.45) is 0 Å². The van der Waals surface area contributed by atoms with Crippen molar-refractivity contribution in [3.63, 3.8) is 0 Å². The maximum atomic E-state index is 11.7. The van der Waals surface area contributed by atoms with Crippen molar-refractivity contribution >= 4 is 17.5 Å². The SMILES string of the molecule is CC(CCCO)NC(=O)Cc1ccc(O)cc1Cl. The summed E-state index contributed by atoms with van der Waals surface area (Å²) in [6, 6.07) is 4.58. The van der Waals surface area contributed by atoms with Gasteiger partial charge in [-0.05, 0) is 37.5 Å². The van der Waals surface area contributed by atoms with Crippen molar-refractivity contribution in [1.82, 2.24) is 5.32 Å². The summed E-state index contributed by atoms with van der Waals surface area (Å²) < 4.78 is 0. The number of aromatic hydroxyl groups is 1. The first-order valence-electron chi connectivity index (χ1n) is 5.90. The van der Waals surface area contributed by atoms with Gasteiger partial charge in [-0.1, -0.05) is 17.7 Å². The molecule has 100 valence electrons. The van der Waals surface area contributed by atoms with Gasteiger partial charge in [0, 0.05) is 17.7 Å². The smallest absolute Gasteiger partial charge is 0.224 e. The van der Waals surface area contributed by atoms with Crippen molar-refractivity contribution in [3.8, 4) is 5.75 Å². The van der Waals surface area contributed by atoms with Crippen LogP contribution in [0.1, 0.15) is 25.3 Å². The molecule has 5 heteroatoms. The van der Waals surface area contributed by atoms with E-state index in [1.165, 1.54) is 12.1 Å². The lowest BCUT2D eigenvalue weighted by molar-refractivity contribution is -0.121. The minimum atomic E-state index is -0.118. The molecule has 1 atom stereocenters. The van der Waals surface area contributed by atoms with E-state index < -0.39 is 0 Å². The standard InChI is InChI=1S/C13H18ClNO3/c1-9(3-2-6-16)15-13(18)7-10-4-5-11(17)8-12(10)14/h4-5,8-9,16-17H,2-3,6-7H2,1H3,(H,15,18). The van der Waals surface area contributed by atoms with Crippen LogP contribution in [0.5, 0.6) is 5.75 Å². The van der Waals surface area contributed by atoms with Crippen LogP contribution in [0.4, 0.5) is 0 Å². The van der Waals surface area contributed by atoms with Gasteiger partial charge in [0.1, 0.15) is 5.75 Å². The first kappa shape index (κ1) is 14.8. The zero-order valence-corrected chi connectivity index (χ0v) is 11.1. The summed E-state index contributed by atoms with van der Waals surface area (Å²) in [5.74, 6) is -0.0338. The van der Waals surface area contributed by atoms with Crippen LogP contribution in [0, 0.1) is 0 Å². The first-order valence-corrected chi connectivity index (χ1v) is 6.28. The number of hydrogen-bond donors (Lipinski definition) is 3. The van der Waals surface area contributed by atoms with E-state index >= 15 is 0 Å². The minimum Gasteiger partial charge on any atom is -0.508 e. The number of carbonyl (C=O) groups excluding carboxylic acids is 1. The van der Waals surface area contributed by atoms with E-state index in [2.05, 4.69) is 5.32 Å². The monoisotopic (exact) mass is 271 g/mol. The predicted molar refractivity (Wildman–Crippen MR) is 70.7 cm³/mol. The summed E-state index contributed by atoms with van der Waals surface area (Å²) in [6.45, 7) is 2.02. The molecule has 3 N–H and O–H groups in total. The van der Waals surface area contributed by atoms with Gasteiger partial charge in [0.2, 0.25) is 5.91 Å². The van der Waals surface area contributed by atoms with E-state index in [4.69, 9.17) is 16.7 Å². The predicted octanol–water partition coefficient (Wildman–Crippen LogP) is 1.87. The lowest BCUT2D eigenvalue weighted by atomic mass is 10.1. The molecule has 1 aromatic carbocycles. The van der Waals surface area contributed by atoms with E-state index in [0.717, 1.165) is 6.42 Å². The Morgan fingerprint density at radius 3 is 2.83 bits per heavy atom. The van der Waals surface area contributed by atoms with Crippen LogP contribution >= 0.6 is 11.6 Å². The molecular weight excluding hydrogens is 254 g/mol. The molecule has 0 heterocycles. The Kier molecular flexibility index (Phi) is 5.95. The molecule has 0 saturated carbocycles. The summed E-state index contributed by atoms with van der Waals surface area (Å²) in [5.41, 5.74) is 0.682. The number of aliphatic hydroxyl groups is 1. The van der Waals surface area contributed by atoms with Gasteiger partial charge in [-0.3, -0.25) is 4.79 Å². The van der Waals surface area contributed by atoms with Crippen molar-refractivity contribution in [3.05, 3.63) is 28.8 Å². The van der Waals surface area contributed by atoms with Gasteiger partial charge in [0.25, 0.3) is 0 Å². The molecule has 0 aliphatic heterocycles.